The summed E-state index contributed by atoms with van der Waals surface area (Å²) in [6.07, 6.45) is 4.84. The van der Waals surface area contributed by atoms with E-state index in [1.165, 1.54) is 0 Å². The maximum atomic E-state index is 8.58. The zero-order valence-corrected chi connectivity index (χ0v) is 4.75. The molecule has 8 heavy (non-hydrogen) atoms. The highest BCUT2D eigenvalue weighted by Crippen LogP contribution is 2.14. The second kappa shape index (κ2) is 2.29. The van der Waals surface area contributed by atoms with Crippen molar-refractivity contribution >= 4 is 0 Å². The van der Waals surface area contributed by atoms with Crippen molar-refractivity contribution in [2.75, 3.05) is 6.61 Å². The summed E-state index contributed by atoms with van der Waals surface area (Å²) < 4.78 is 0. The largest absolute Gasteiger partial charge is 0.396 e. The summed E-state index contributed by atoms with van der Waals surface area (Å²) >= 11 is 0. The normalized spacial score (nSPS) is 36.2. The second-order valence-electron chi connectivity index (χ2n) is 2.23. The van der Waals surface area contributed by atoms with E-state index in [0.717, 1.165) is 6.42 Å². The molecule has 2 heteroatoms. The Bertz CT molecular complexity index is 101. The minimum atomic E-state index is 0.187. The fourth-order valence-electron chi connectivity index (χ4n) is 0.942. The summed E-state index contributed by atoms with van der Waals surface area (Å²) in [5.74, 6) is 0.324. The smallest absolute Gasteiger partial charge is 0.0494 e. The summed E-state index contributed by atoms with van der Waals surface area (Å²) in [7, 11) is 0. The lowest BCUT2D eigenvalue weighted by atomic mass is 10.1. The average molecular weight is 113 g/mol. The van der Waals surface area contributed by atoms with E-state index in [9.17, 15) is 0 Å². The predicted octanol–water partition coefficient (Wildman–Crippen LogP) is -0.118. The second-order valence-corrected chi connectivity index (χ2v) is 2.23. The van der Waals surface area contributed by atoms with Crippen LogP contribution in [0.2, 0.25) is 0 Å². The number of aliphatic hydroxyl groups excluding tert-OH is 1. The maximum Gasteiger partial charge on any atom is 0.0494 e. The van der Waals surface area contributed by atoms with Gasteiger partial charge in [0.15, 0.2) is 0 Å². The number of hydrogen-bond donors (Lipinski definition) is 2. The monoisotopic (exact) mass is 113 g/mol. The van der Waals surface area contributed by atoms with Gasteiger partial charge in [0.1, 0.15) is 0 Å². The Hall–Kier alpha value is -0.340. The Balaban J connectivity index is 2.34. The Kier molecular flexibility index (Phi) is 1.65. The van der Waals surface area contributed by atoms with Gasteiger partial charge in [-0.25, -0.2) is 0 Å². The van der Waals surface area contributed by atoms with Crippen LogP contribution < -0.4 is 5.73 Å². The number of rotatable bonds is 1. The minimum Gasteiger partial charge on any atom is -0.396 e. The van der Waals surface area contributed by atoms with Gasteiger partial charge in [-0.05, 0) is 6.42 Å². The lowest BCUT2D eigenvalue weighted by molar-refractivity contribution is 0.249. The van der Waals surface area contributed by atoms with Crippen molar-refractivity contribution in [2.24, 2.45) is 11.7 Å². The first kappa shape index (κ1) is 5.79. The summed E-state index contributed by atoms with van der Waals surface area (Å²) in [5, 5.41) is 8.58. The fraction of sp³-hybridized carbons (Fsp3) is 0.667. The molecule has 0 saturated heterocycles. The molecule has 0 heterocycles. The van der Waals surface area contributed by atoms with Crippen molar-refractivity contribution < 1.29 is 5.11 Å². The minimum absolute atomic E-state index is 0.187. The molecule has 0 unspecified atom stereocenters. The lowest BCUT2D eigenvalue weighted by Gasteiger charge is -2.02. The topological polar surface area (TPSA) is 46.2 Å². The lowest BCUT2D eigenvalue weighted by Crippen LogP contribution is -2.15. The molecule has 1 aliphatic rings. The summed E-state index contributed by atoms with van der Waals surface area (Å²) in [4.78, 5) is 0. The molecule has 0 spiro atoms. The van der Waals surface area contributed by atoms with Crippen LogP contribution >= 0.6 is 0 Å². The van der Waals surface area contributed by atoms with E-state index in [-0.39, 0.29) is 12.6 Å². The molecule has 0 aromatic rings. The van der Waals surface area contributed by atoms with Crippen LogP contribution in [-0.4, -0.2) is 17.8 Å². The van der Waals surface area contributed by atoms with Gasteiger partial charge in [-0.2, -0.15) is 0 Å². The van der Waals surface area contributed by atoms with E-state index in [0.29, 0.717) is 5.92 Å². The van der Waals surface area contributed by atoms with Gasteiger partial charge in [0.05, 0.1) is 0 Å². The van der Waals surface area contributed by atoms with Crippen molar-refractivity contribution in [1.29, 1.82) is 0 Å². The molecule has 0 radical (unpaired) electrons. The van der Waals surface area contributed by atoms with Crippen LogP contribution in [0.3, 0.4) is 0 Å². The Labute approximate surface area is 49.0 Å². The Morgan fingerprint density at radius 1 is 1.62 bits per heavy atom. The molecule has 0 aromatic heterocycles. The molecule has 1 aliphatic carbocycles. The fourth-order valence-corrected chi connectivity index (χ4v) is 0.942. The van der Waals surface area contributed by atoms with Gasteiger partial charge in [0, 0.05) is 18.6 Å². The highest BCUT2D eigenvalue weighted by molar-refractivity contribution is 5.04. The third-order valence-corrected chi connectivity index (χ3v) is 1.44. The van der Waals surface area contributed by atoms with Crippen LogP contribution in [-0.2, 0) is 0 Å². The van der Waals surface area contributed by atoms with Crippen molar-refractivity contribution in [3.8, 4) is 0 Å². The van der Waals surface area contributed by atoms with E-state index >= 15 is 0 Å². The van der Waals surface area contributed by atoms with Gasteiger partial charge in [0.2, 0.25) is 0 Å². The first-order valence-corrected chi connectivity index (χ1v) is 2.87. The van der Waals surface area contributed by atoms with Crippen molar-refractivity contribution in [3.05, 3.63) is 12.2 Å². The van der Waals surface area contributed by atoms with Crippen LogP contribution in [0.25, 0.3) is 0 Å². The number of hydrogen-bond acceptors (Lipinski definition) is 2. The van der Waals surface area contributed by atoms with E-state index < -0.39 is 0 Å². The molecule has 46 valence electrons. The molecule has 2 atom stereocenters. The Morgan fingerprint density at radius 3 is 2.62 bits per heavy atom. The van der Waals surface area contributed by atoms with Gasteiger partial charge in [-0.3, -0.25) is 0 Å². The molecule has 0 aliphatic heterocycles. The maximum absolute atomic E-state index is 8.58. The van der Waals surface area contributed by atoms with Gasteiger partial charge in [0.25, 0.3) is 0 Å². The van der Waals surface area contributed by atoms with Gasteiger partial charge in [-0.15, -0.1) is 0 Å². The number of nitrogens with two attached hydrogens (primary N) is 1. The zero-order valence-electron chi connectivity index (χ0n) is 4.75. The molecule has 3 N–H and O–H groups in total. The standard InChI is InChI=1S/C6H11NO/c7-6-2-1-5(3-6)4-8/h1-2,5-6,8H,3-4,7H2/t5-,6+/m0/s1. The summed E-state index contributed by atoms with van der Waals surface area (Å²) in [6.45, 7) is 0.240. The molecule has 0 aromatic carbocycles. The first-order chi connectivity index (χ1) is 3.83. The number of aliphatic hydroxyl groups is 1. The quantitative estimate of drug-likeness (QED) is 0.466. The van der Waals surface area contributed by atoms with E-state index in [4.69, 9.17) is 10.8 Å². The Morgan fingerprint density at radius 2 is 2.38 bits per heavy atom. The van der Waals surface area contributed by atoms with Crippen LogP contribution in [0.5, 0.6) is 0 Å². The van der Waals surface area contributed by atoms with Crippen LogP contribution in [0.1, 0.15) is 6.42 Å². The SMILES string of the molecule is N[C@@H]1C=C[C@H](CO)C1. The summed E-state index contributed by atoms with van der Waals surface area (Å²) in [5.41, 5.74) is 5.50. The third-order valence-electron chi connectivity index (χ3n) is 1.44. The van der Waals surface area contributed by atoms with Gasteiger partial charge in [-0.1, -0.05) is 12.2 Å². The van der Waals surface area contributed by atoms with Crippen LogP contribution in [0.4, 0.5) is 0 Å². The highest BCUT2D eigenvalue weighted by atomic mass is 16.3. The van der Waals surface area contributed by atoms with Gasteiger partial charge < -0.3 is 10.8 Å². The van der Waals surface area contributed by atoms with Crippen molar-refractivity contribution in [1.82, 2.24) is 0 Å². The third kappa shape index (κ3) is 1.08. The van der Waals surface area contributed by atoms with Crippen LogP contribution in [0, 0.1) is 5.92 Å². The molecular weight excluding hydrogens is 102 g/mol. The van der Waals surface area contributed by atoms with Gasteiger partial charge >= 0.3 is 0 Å². The zero-order chi connectivity index (χ0) is 5.98. The summed E-state index contributed by atoms with van der Waals surface area (Å²) in [6, 6.07) is 0.187. The molecule has 0 saturated carbocycles. The van der Waals surface area contributed by atoms with Crippen LogP contribution in [0.15, 0.2) is 12.2 Å². The molecule has 1 rings (SSSR count). The average Bonchev–Trinajstić information content (AvgIpc) is 2.14. The molecule has 2 nitrogen and oxygen atoms in total. The molecule has 0 amide bonds. The molecule has 0 fully saturated rings. The van der Waals surface area contributed by atoms with Crippen molar-refractivity contribution in [3.63, 3.8) is 0 Å². The molecular formula is C6H11NO. The highest BCUT2D eigenvalue weighted by Gasteiger charge is 2.13. The van der Waals surface area contributed by atoms with E-state index in [1.54, 1.807) is 0 Å². The first-order valence-electron chi connectivity index (χ1n) is 2.87. The molecule has 0 bridgehead atoms. The predicted molar refractivity (Wildman–Crippen MR) is 32.3 cm³/mol. The van der Waals surface area contributed by atoms with E-state index in [1.807, 2.05) is 12.2 Å². The van der Waals surface area contributed by atoms with E-state index in [2.05, 4.69) is 0 Å². The van der Waals surface area contributed by atoms with Crippen molar-refractivity contribution in [2.45, 2.75) is 12.5 Å².